The van der Waals surface area contributed by atoms with E-state index in [1.54, 1.807) is 11.3 Å². The molecular weight excluding hydrogens is 266 g/mol. The topological polar surface area (TPSA) is 28.2 Å². The second kappa shape index (κ2) is 6.37. The number of benzene rings is 1. The summed E-state index contributed by atoms with van der Waals surface area (Å²) in [5, 5.41) is 4.45. The smallest absolute Gasteiger partial charge is 0.182 e. The van der Waals surface area contributed by atoms with Crippen LogP contribution in [0.25, 0.3) is 0 Å². The van der Waals surface area contributed by atoms with Crippen molar-refractivity contribution < 1.29 is 0 Å². The van der Waals surface area contributed by atoms with Crippen molar-refractivity contribution in [3.05, 3.63) is 46.5 Å². The van der Waals surface area contributed by atoms with Gasteiger partial charge in [-0.25, -0.2) is 4.98 Å². The summed E-state index contributed by atoms with van der Waals surface area (Å²) in [7, 11) is 0. The summed E-state index contributed by atoms with van der Waals surface area (Å²) in [5.41, 5.74) is 3.03. The number of rotatable bonds is 5. The first kappa shape index (κ1) is 13.6. The van der Waals surface area contributed by atoms with E-state index in [-0.39, 0.29) is 0 Å². The molecular formula is C16H21N3S. The summed E-state index contributed by atoms with van der Waals surface area (Å²) in [6, 6.07) is 8.82. The van der Waals surface area contributed by atoms with Crippen molar-refractivity contribution in [3.8, 4) is 0 Å². The number of aromatic nitrogens is 1. The lowest BCUT2D eigenvalue weighted by Crippen LogP contribution is -2.32. The Morgan fingerprint density at radius 3 is 2.95 bits per heavy atom. The van der Waals surface area contributed by atoms with E-state index in [0.29, 0.717) is 0 Å². The standard InChI is InChI=1S/C16H21N3S/c1-13-11-18-16(20-13)17-8-4-9-19-10-7-14-5-2-3-6-15(14)12-19/h2-3,5-6,11H,4,7-10,12H2,1H3,(H,17,18). The lowest BCUT2D eigenvalue weighted by molar-refractivity contribution is 0.253. The van der Waals surface area contributed by atoms with Gasteiger partial charge in [-0.3, -0.25) is 4.90 Å². The molecule has 106 valence electrons. The zero-order valence-corrected chi connectivity index (χ0v) is 12.7. The van der Waals surface area contributed by atoms with Crippen molar-refractivity contribution in [2.45, 2.75) is 26.3 Å². The maximum Gasteiger partial charge on any atom is 0.182 e. The Labute approximate surface area is 124 Å². The van der Waals surface area contributed by atoms with E-state index in [4.69, 9.17) is 0 Å². The highest BCUT2D eigenvalue weighted by Gasteiger charge is 2.14. The van der Waals surface area contributed by atoms with E-state index >= 15 is 0 Å². The summed E-state index contributed by atoms with van der Waals surface area (Å²) in [5.74, 6) is 0. The van der Waals surface area contributed by atoms with Crippen molar-refractivity contribution in [2.75, 3.05) is 25.0 Å². The monoisotopic (exact) mass is 287 g/mol. The number of fused-ring (bicyclic) bond motifs is 1. The molecule has 4 heteroatoms. The highest BCUT2D eigenvalue weighted by Crippen LogP contribution is 2.19. The molecule has 0 bridgehead atoms. The highest BCUT2D eigenvalue weighted by atomic mass is 32.1. The maximum absolute atomic E-state index is 4.32. The van der Waals surface area contributed by atoms with Crippen LogP contribution in [-0.4, -0.2) is 29.5 Å². The largest absolute Gasteiger partial charge is 0.361 e. The molecule has 3 nitrogen and oxygen atoms in total. The van der Waals surface area contributed by atoms with Gasteiger partial charge in [-0.05, 0) is 30.9 Å². The number of hydrogen-bond acceptors (Lipinski definition) is 4. The fraction of sp³-hybridized carbons (Fsp3) is 0.438. The van der Waals surface area contributed by atoms with Gasteiger partial charge in [0.1, 0.15) is 0 Å². The number of nitrogens with zero attached hydrogens (tertiary/aromatic N) is 2. The molecule has 0 radical (unpaired) electrons. The van der Waals surface area contributed by atoms with Crippen molar-refractivity contribution in [2.24, 2.45) is 0 Å². The third-order valence-electron chi connectivity index (χ3n) is 3.76. The minimum atomic E-state index is 1.01. The van der Waals surface area contributed by atoms with Crippen LogP contribution in [0.4, 0.5) is 5.13 Å². The Balaban J connectivity index is 1.42. The SMILES string of the molecule is Cc1cnc(NCCCN2CCc3ccccc3C2)s1. The number of hydrogen-bond donors (Lipinski definition) is 1. The molecule has 1 aliphatic rings. The molecule has 0 saturated heterocycles. The molecule has 3 rings (SSSR count). The van der Waals surface area contributed by atoms with Crippen LogP contribution in [0.1, 0.15) is 22.4 Å². The van der Waals surface area contributed by atoms with Gasteiger partial charge >= 0.3 is 0 Å². The van der Waals surface area contributed by atoms with Crippen LogP contribution in [0.2, 0.25) is 0 Å². The van der Waals surface area contributed by atoms with E-state index in [1.165, 1.54) is 35.4 Å². The molecule has 1 aliphatic heterocycles. The van der Waals surface area contributed by atoms with Gasteiger partial charge in [0.15, 0.2) is 5.13 Å². The van der Waals surface area contributed by atoms with Gasteiger partial charge in [-0.1, -0.05) is 24.3 Å². The molecule has 1 aromatic carbocycles. The predicted molar refractivity (Wildman–Crippen MR) is 85.4 cm³/mol. The average Bonchev–Trinajstić information content (AvgIpc) is 2.89. The molecule has 2 heterocycles. The Kier molecular flexibility index (Phi) is 4.33. The first-order valence-corrected chi connectivity index (χ1v) is 8.08. The Hall–Kier alpha value is -1.39. The normalized spacial score (nSPS) is 15.1. The number of anilines is 1. The number of thiazole rings is 1. The van der Waals surface area contributed by atoms with Crippen molar-refractivity contribution in [3.63, 3.8) is 0 Å². The molecule has 0 amide bonds. The minimum absolute atomic E-state index is 1.01. The van der Waals surface area contributed by atoms with Crippen LogP contribution in [-0.2, 0) is 13.0 Å². The molecule has 0 atom stereocenters. The summed E-state index contributed by atoms with van der Waals surface area (Å²) in [4.78, 5) is 8.14. The number of aryl methyl sites for hydroxylation is 1. The van der Waals surface area contributed by atoms with Gasteiger partial charge in [0.05, 0.1) is 0 Å². The van der Waals surface area contributed by atoms with Crippen LogP contribution >= 0.6 is 11.3 Å². The molecule has 1 aromatic heterocycles. The van der Waals surface area contributed by atoms with Gasteiger partial charge < -0.3 is 5.32 Å². The Morgan fingerprint density at radius 2 is 2.15 bits per heavy atom. The van der Waals surface area contributed by atoms with Crippen molar-refractivity contribution in [1.29, 1.82) is 0 Å². The van der Waals surface area contributed by atoms with Gasteiger partial charge in [-0.15, -0.1) is 11.3 Å². The Morgan fingerprint density at radius 1 is 1.30 bits per heavy atom. The second-order valence-electron chi connectivity index (χ2n) is 5.35. The van der Waals surface area contributed by atoms with Crippen LogP contribution in [0.3, 0.4) is 0 Å². The van der Waals surface area contributed by atoms with Crippen molar-refractivity contribution in [1.82, 2.24) is 9.88 Å². The lowest BCUT2D eigenvalue weighted by atomic mass is 10.00. The van der Waals surface area contributed by atoms with Crippen LogP contribution in [0, 0.1) is 6.92 Å². The molecule has 20 heavy (non-hydrogen) atoms. The summed E-state index contributed by atoms with van der Waals surface area (Å²) in [6.07, 6.45) is 4.28. The molecule has 0 spiro atoms. The summed E-state index contributed by atoms with van der Waals surface area (Å²) in [6.45, 7) is 6.55. The fourth-order valence-electron chi connectivity index (χ4n) is 2.68. The summed E-state index contributed by atoms with van der Waals surface area (Å²) < 4.78 is 0. The van der Waals surface area contributed by atoms with Crippen molar-refractivity contribution >= 4 is 16.5 Å². The average molecular weight is 287 g/mol. The molecule has 1 N–H and O–H groups in total. The molecule has 0 aliphatic carbocycles. The molecule has 2 aromatic rings. The van der Waals surface area contributed by atoms with Crippen LogP contribution in [0.5, 0.6) is 0 Å². The molecule has 0 fully saturated rings. The predicted octanol–water partition coefficient (Wildman–Crippen LogP) is 3.31. The first-order valence-electron chi connectivity index (χ1n) is 7.27. The third-order valence-corrected chi connectivity index (χ3v) is 4.63. The van der Waals surface area contributed by atoms with E-state index in [1.807, 2.05) is 6.20 Å². The highest BCUT2D eigenvalue weighted by molar-refractivity contribution is 7.15. The van der Waals surface area contributed by atoms with Gasteiger partial charge in [0.25, 0.3) is 0 Å². The minimum Gasteiger partial charge on any atom is -0.361 e. The second-order valence-corrected chi connectivity index (χ2v) is 6.59. The molecule has 0 saturated carbocycles. The third kappa shape index (κ3) is 3.38. The van der Waals surface area contributed by atoms with Crippen LogP contribution in [0.15, 0.2) is 30.5 Å². The Bertz CT molecular complexity index is 564. The zero-order chi connectivity index (χ0) is 13.8. The van der Waals surface area contributed by atoms with E-state index in [0.717, 1.165) is 24.8 Å². The van der Waals surface area contributed by atoms with E-state index in [2.05, 4.69) is 46.4 Å². The first-order chi connectivity index (χ1) is 9.81. The van der Waals surface area contributed by atoms with E-state index < -0.39 is 0 Å². The van der Waals surface area contributed by atoms with E-state index in [9.17, 15) is 0 Å². The fourth-order valence-corrected chi connectivity index (χ4v) is 3.37. The number of nitrogens with one attached hydrogen (secondary N) is 1. The van der Waals surface area contributed by atoms with Gasteiger partial charge in [0.2, 0.25) is 0 Å². The van der Waals surface area contributed by atoms with Gasteiger partial charge in [-0.2, -0.15) is 0 Å². The quantitative estimate of drug-likeness (QED) is 0.855. The summed E-state index contributed by atoms with van der Waals surface area (Å²) >= 11 is 1.73. The zero-order valence-electron chi connectivity index (χ0n) is 11.9. The van der Waals surface area contributed by atoms with Crippen LogP contribution < -0.4 is 5.32 Å². The molecule has 0 unspecified atom stereocenters. The maximum atomic E-state index is 4.32. The lowest BCUT2D eigenvalue weighted by Gasteiger charge is -2.28. The van der Waals surface area contributed by atoms with Gasteiger partial charge in [0, 0.05) is 37.3 Å².